The lowest BCUT2D eigenvalue weighted by atomic mass is 10.1. The number of methoxy groups -OCH3 is 1. The molecule has 0 aliphatic heterocycles. The van der Waals surface area contributed by atoms with E-state index in [1.807, 2.05) is 20.8 Å². The fraction of sp³-hybridized carbons (Fsp3) is 0.692. The molecule has 1 heterocycles. The van der Waals surface area contributed by atoms with Crippen molar-refractivity contribution in [1.29, 1.82) is 0 Å². The predicted octanol–water partition coefficient (Wildman–Crippen LogP) is 1.01. The summed E-state index contributed by atoms with van der Waals surface area (Å²) >= 11 is 1.21. The highest BCUT2D eigenvalue weighted by Gasteiger charge is 2.23. The summed E-state index contributed by atoms with van der Waals surface area (Å²) in [4.78, 5) is 18.3. The topological polar surface area (TPSA) is 101 Å². The summed E-state index contributed by atoms with van der Waals surface area (Å²) in [5.41, 5.74) is 5.65. The van der Waals surface area contributed by atoms with Gasteiger partial charge < -0.3 is 25.8 Å². The van der Waals surface area contributed by atoms with Crippen LogP contribution >= 0.6 is 11.3 Å². The van der Waals surface area contributed by atoms with E-state index in [4.69, 9.17) is 10.5 Å². The van der Waals surface area contributed by atoms with Crippen molar-refractivity contribution in [3.05, 3.63) is 4.88 Å². The molecule has 0 fully saturated rings. The first-order valence-corrected chi connectivity index (χ1v) is 7.42. The summed E-state index contributed by atoms with van der Waals surface area (Å²) < 4.78 is 4.84. The SMILES string of the molecule is COCC(O)CN(C)C(=O)c1sc(NC(C)(C)C)nc1N. The number of carbonyl (C=O) groups excluding carboxylic acids is 1. The molecule has 0 aliphatic rings. The molecule has 0 radical (unpaired) electrons. The van der Waals surface area contributed by atoms with E-state index in [0.717, 1.165) is 0 Å². The highest BCUT2D eigenvalue weighted by Crippen LogP contribution is 2.28. The Morgan fingerprint density at radius 3 is 2.71 bits per heavy atom. The molecule has 120 valence electrons. The van der Waals surface area contributed by atoms with Crippen molar-refractivity contribution in [2.45, 2.75) is 32.4 Å². The number of anilines is 2. The van der Waals surface area contributed by atoms with Crippen LogP contribution in [0.15, 0.2) is 0 Å². The molecule has 0 saturated carbocycles. The van der Waals surface area contributed by atoms with Crippen LogP contribution in [0.2, 0.25) is 0 Å². The maximum atomic E-state index is 12.3. The maximum absolute atomic E-state index is 12.3. The number of nitrogens with zero attached hydrogens (tertiary/aromatic N) is 2. The van der Waals surface area contributed by atoms with Gasteiger partial charge in [-0.25, -0.2) is 4.98 Å². The van der Waals surface area contributed by atoms with Crippen LogP contribution in [-0.2, 0) is 4.74 Å². The summed E-state index contributed by atoms with van der Waals surface area (Å²) in [6.07, 6.45) is -0.731. The van der Waals surface area contributed by atoms with Gasteiger partial charge in [-0.3, -0.25) is 4.79 Å². The molecule has 1 unspecified atom stereocenters. The summed E-state index contributed by atoms with van der Waals surface area (Å²) in [7, 11) is 3.11. The molecule has 4 N–H and O–H groups in total. The third kappa shape index (κ3) is 5.49. The lowest BCUT2D eigenvalue weighted by molar-refractivity contribution is 0.0382. The Kier molecular flexibility index (Phi) is 5.94. The predicted molar refractivity (Wildman–Crippen MR) is 84.7 cm³/mol. The molecule has 8 heteroatoms. The summed E-state index contributed by atoms with van der Waals surface area (Å²) in [6.45, 7) is 6.34. The Bertz CT molecular complexity index is 484. The molecule has 0 spiro atoms. The number of aliphatic hydroxyl groups excluding tert-OH is 1. The second-order valence-electron chi connectivity index (χ2n) is 5.90. The number of hydrogen-bond donors (Lipinski definition) is 3. The third-order valence-electron chi connectivity index (χ3n) is 2.52. The minimum atomic E-state index is -0.731. The normalized spacial score (nSPS) is 13.0. The van der Waals surface area contributed by atoms with Crippen LogP contribution in [-0.4, -0.2) is 59.8 Å². The largest absolute Gasteiger partial charge is 0.389 e. The number of aromatic nitrogens is 1. The van der Waals surface area contributed by atoms with Gasteiger partial charge in [0, 0.05) is 26.2 Å². The Balaban J connectivity index is 2.78. The van der Waals surface area contributed by atoms with Crippen molar-refractivity contribution in [3.63, 3.8) is 0 Å². The van der Waals surface area contributed by atoms with Crippen LogP contribution in [0.5, 0.6) is 0 Å². The van der Waals surface area contributed by atoms with E-state index in [1.165, 1.54) is 23.3 Å². The van der Waals surface area contributed by atoms with Gasteiger partial charge in [-0.1, -0.05) is 11.3 Å². The van der Waals surface area contributed by atoms with Crippen molar-refractivity contribution in [2.24, 2.45) is 0 Å². The molecule has 1 aromatic rings. The number of ether oxygens (including phenoxy) is 1. The van der Waals surface area contributed by atoms with E-state index in [2.05, 4.69) is 10.3 Å². The summed E-state index contributed by atoms with van der Waals surface area (Å²) in [5.74, 6) is -0.0630. The minimum absolute atomic E-state index is 0.162. The van der Waals surface area contributed by atoms with Gasteiger partial charge in [0.25, 0.3) is 5.91 Å². The van der Waals surface area contributed by atoms with Crippen LogP contribution in [0, 0.1) is 0 Å². The number of nitrogens with two attached hydrogens (primary N) is 1. The number of rotatable bonds is 6. The number of hydrogen-bond acceptors (Lipinski definition) is 7. The molecule has 1 amide bonds. The monoisotopic (exact) mass is 316 g/mol. The third-order valence-corrected chi connectivity index (χ3v) is 3.49. The van der Waals surface area contributed by atoms with Crippen molar-refractivity contribution in [2.75, 3.05) is 38.4 Å². The maximum Gasteiger partial charge on any atom is 0.267 e. The first kappa shape index (κ1) is 17.7. The van der Waals surface area contributed by atoms with Crippen molar-refractivity contribution >= 4 is 28.2 Å². The van der Waals surface area contributed by atoms with Gasteiger partial charge in [0.2, 0.25) is 0 Å². The molecule has 7 nitrogen and oxygen atoms in total. The van der Waals surface area contributed by atoms with Crippen LogP contribution in [0.25, 0.3) is 0 Å². The first-order valence-electron chi connectivity index (χ1n) is 6.61. The first-order chi connectivity index (χ1) is 9.64. The fourth-order valence-electron chi connectivity index (χ4n) is 1.68. The quantitative estimate of drug-likeness (QED) is 0.724. The van der Waals surface area contributed by atoms with E-state index in [1.54, 1.807) is 7.05 Å². The van der Waals surface area contributed by atoms with Gasteiger partial charge >= 0.3 is 0 Å². The number of thiazole rings is 1. The standard InChI is InChI=1S/C13H24N4O3S/c1-13(2,3)16-12-15-10(14)9(21-12)11(19)17(4)6-8(18)7-20-5/h8,18H,6-7,14H2,1-5H3,(H,15,16). The molecular formula is C13H24N4O3S. The van der Waals surface area contributed by atoms with Gasteiger partial charge in [-0.05, 0) is 20.8 Å². The van der Waals surface area contributed by atoms with E-state index >= 15 is 0 Å². The minimum Gasteiger partial charge on any atom is -0.389 e. The molecule has 1 atom stereocenters. The van der Waals surface area contributed by atoms with Crippen LogP contribution in [0.4, 0.5) is 10.9 Å². The number of carbonyl (C=O) groups is 1. The number of aliphatic hydroxyl groups is 1. The van der Waals surface area contributed by atoms with Gasteiger partial charge in [0.1, 0.15) is 10.7 Å². The molecule has 0 aliphatic carbocycles. The van der Waals surface area contributed by atoms with E-state index in [-0.39, 0.29) is 30.4 Å². The number of nitrogens with one attached hydrogen (secondary N) is 1. The highest BCUT2D eigenvalue weighted by molar-refractivity contribution is 7.18. The lowest BCUT2D eigenvalue weighted by Gasteiger charge is -2.20. The zero-order valence-electron chi connectivity index (χ0n) is 13.1. The van der Waals surface area contributed by atoms with Gasteiger partial charge in [-0.15, -0.1) is 0 Å². The second-order valence-corrected chi connectivity index (χ2v) is 6.90. The average molecular weight is 316 g/mol. The number of likely N-dealkylation sites (N-methyl/N-ethyl adjacent to an activating group) is 1. The van der Waals surface area contributed by atoms with E-state index < -0.39 is 6.10 Å². The molecular weight excluding hydrogens is 292 g/mol. The van der Waals surface area contributed by atoms with Crippen LogP contribution in [0.3, 0.4) is 0 Å². The zero-order valence-corrected chi connectivity index (χ0v) is 14.0. The number of amides is 1. The fourth-order valence-corrected chi connectivity index (χ4v) is 2.76. The lowest BCUT2D eigenvalue weighted by Crippen LogP contribution is -2.36. The smallest absolute Gasteiger partial charge is 0.267 e. The Hall–Kier alpha value is -1.38. The molecule has 21 heavy (non-hydrogen) atoms. The van der Waals surface area contributed by atoms with Crippen molar-refractivity contribution < 1.29 is 14.6 Å². The van der Waals surface area contributed by atoms with E-state index in [9.17, 15) is 9.90 Å². The molecule has 0 saturated heterocycles. The number of nitrogen functional groups attached to an aromatic ring is 1. The molecule has 1 aromatic heterocycles. The van der Waals surface area contributed by atoms with Crippen LogP contribution in [0.1, 0.15) is 30.4 Å². The van der Waals surface area contributed by atoms with Gasteiger partial charge in [0.05, 0.1) is 12.7 Å². The summed E-state index contributed by atoms with van der Waals surface area (Å²) in [6, 6.07) is 0. The highest BCUT2D eigenvalue weighted by atomic mass is 32.1. The van der Waals surface area contributed by atoms with Gasteiger partial charge in [0.15, 0.2) is 5.13 Å². The Labute approximate surface area is 129 Å². The van der Waals surface area contributed by atoms with Crippen LogP contribution < -0.4 is 11.1 Å². The molecule has 1 rings (SSSR count). The zero-order chi connectivity index (χ0) is 16.2. The summed E-state index contributed by atoms with van der Waals surface area (Å²) in [5, 5.41) is 13.5. The van der Waals surface area contributed by atoms with Gasteiger partial charge in [-0.2, -0.15) is 0 Å². The Morgan fingerprint density at radius 1 is 1.57 bits per heavy atom. The Morgan fingerprint density at radius 2 is 2.19 bits per heavy atom. The van der Waals surface area contributed by atoms with Crippen molar-refractivity contribution in [1.82, 2.24) is 9.88 Å². The molecule has 0 aromatic carbocycles. The molecule has 0 bridgehead atoms. The second kappa shape index (κ2) is 7.06. The van der Waals surface area contributed by atoms with E-state index in [0.29, 0.717) is 10.0 Å². The van der Waals surface area contributed by atoms with Crippen molar-refractivity contribution in [3.8, 4) is 0 Å². The average Bonchev–Trinajstić information content (AvgIpc) is 2.66.